The van der Waals surface area contributed by atoms with E-state index in [9.17, 15) is 9.59 Å². The molecule has 0 unspecified atom stereocenters. The van der Waals surface area contributed by atoms with Gasteiger partial charge in [0, 0.05) is 5.56 Å². The predicted octanol–water partition coefficient (Wildman–Crippen LogP) is 1.57. The molecule has 0 saturated heterocycles. The fourth-order valence-electron chi connectivity index (χ4n) is 1.21. The predicted molar refractivity (Wildman–Crippen MR) is 72.5 cm³/mol. The summed E-state index contributed by atoms with van der Waals surface area (Å²) in [4.78, 5) is 28.3. The molecule has 0 saturated carbocycles. The minimum Gasteiger partial charge on any atom is -0.343 e. The van der Waals surface area contributed by atoms with Gasteiger partial charge in [-0.15, -0.1) is 0 Å². The molecule has 0 aliphatic heterocycles. The lowest BCUT2D eigenvalue weighted by atomic mass is 10.1. The molecule has 0 atom stereocenters. The molecule has 104 valence electrons. The molecular formula is C14H20N2O3. The highest BCUT2D eigenvalue weighted by molar-refractivity contribution is 5.96. The molecule has 0 bridgehead atoms. The van der Waals surface area contributed by atoms with Crippen LogP contribution in [0.1, 0.15) is 36.7 Å². The molecule has 0 spiro atoms. The maximum Gasteiger partial charge on any atom is 0.262 e. The van der Waals surface area contributed by atoms with Crippen LogP contribution in [0, 0.1) is 6.92 Å². The average Bonchev–Trinajstić information content (AvgIpc) is 2.33. The number of aryl methyl sites for hydroxylation is 1. The monoisotopic (exact) mass is 264 g/mol. The van der Waals surface area contributed by atoms with E-state index in [2.05, 4.69) is 10.8 Å². The van der Waals surface area contributed by atoms with Crippen LogP contribution in [0.25, 0.3) is 0 Å². The molecular weight excluding hydrogens is 244 g/mol. The van der Waals surface area contributed by atoms with Crippen LogP contribution in [0.15, 0.2) is 24.3 Å². The quantitative estimate of drug-likeness (QED) is 0.811. The molecule has 2 amide bonds. The number of nitrogens with one attached hydrogen (secondary N) is 2. The second kappa shape index (κ2) is 6.33. The molecule has 0 aromatic heterocycles. The highest BCUT2D eigenvalue weighted by Crippen LogP contribution is 2.04. The standard InChI is InChI=1S/C14H20N2O3/c1-10-5-7-11(8-6-10)13(18)15-9-12(17)16-19-14(2,3)4/h5-8H,9H2,1-4H3,(H,15,18)(H,16,17). The van der Waals surface area contributed by atoms with E-state index in [0.29, 0.717) is 5.56 Å². The summed E-state index contributed by atoms with van der Waals surface area (Å²) in [5.41, 5.74) is 3.42. The summed E-state index contributed by atoms with van der Waals surface area (Å²) in [6.45, 7) is 7.27. The van der Waals surface area contributed by atoms with Gasteiger partial charge in [-0.25, -0.2) is 5.48 Å². The van der Waals surface area contributed by atoms with Gasteiger partial charge in [-0.1, -0.05) is 17.7 Å². The van der Waals surface area contributed by atoms with Crippen LogP contribution in [0.2, 0.25) is 0 Å². The number of hydrogen-bond donors (Lipinski definition) is 2. The van der Waals surface area contributed by atoms with Crippen molar-refractivity contribution in [1.82, 2.24) is 10.8 Å². The largest absolute Gasteiger partial charge is 0.343 e. The topological polar surface area (TPSA) is 67.4 Å². The van der Waals surface area contributed by atoms with Crippen molar-refractivity contribution in [2.75, 3.05) is 6.54 Å². The van der Waals surface area contributed by atoms with E-state index >= 15 is 0 Å². The van der Waals surface area contributed by atoms with Crippen molar-refractivity contribution in [3.63, 3.8) is 0 Å². The maximum absolute atomic E-state index is 11.7. The molecule has 1 aromatic rings. The highest BCUT2D eigenvalue weighted by atomic mass is 16.7. The lowest BCUT2D eigenvalue weighted by Gasteiger charge is -2.18. The Bertz CT molecular complexity index is 447. The van der Waals surface area contributed by atoms with Gasteiger partial charge in [-0.2, -0.15) is 0 Å². The third-order valence-electron chi connectivity index (χ3n) is 2.19. The first-order chi connectivity index (χ1) is 8.78. The van der Waals surface area contributed by atoms with E-state index in [1.807, 2.05) is 39.8 Å². The van der Waals surface area contributed by atoms with Crippen molar-refractivity contribution in [1.29, 1.82) is 0 Å². The summed E-state index contributed by atoms with van der Waals surface area (Å²) in [5.74, 6) is -0.679. The number of hydrogen-bond acceptors (Lipinski definition) is 3. The van der Waals surface area contributed by atoms with Gasteiger partial charge in [0.2, 0.25) is 0 Å². The van der Waals surface area contributed by atoms with E-state index in [1.165, 1.54) is 0 Å². The highest BCUT2D eigenvalue weighted by Gasteiger charge is 2.13. The summed E-state index contributed by atoms with van der Waals surface area (Å²) in [5, 5.41) is 2.52. The van der Waals surface area contributed by atoms with E-state index < -0.39 is 11.5 Å². The molecule has 0 aliphatic carbocycles. The third kappa shape index (κ3) is 6.01. The first-order valence-electron chi connectivity index (χ1n) is 6.09. The zero-order chi connectivity index (χ0) is 14.5. The molecule has 0 heterocycles. The summed E-state index contributed by atoms with van der Waals surface area (Å²) >= 11 is 0. The van der Waals surface area contributed by atoms with Gasteiger partial charge < -0.3 is 5.32 Å². The zero-order valence-electron chi connectivity index (χ0n) is 11.7. The normalized spacial score (nSPS) is 10.9. The van der Waals surface area contributed by atoms with E-state index in [1.54, 1.807) is 12.1 Å². The van der Waals surface area contributed by atoms with Crippen LogP contribution < -0.4 is 10.8 Å². The van der Waals surface area contributed by atoms with Gasteiger partial charge in [0.05, 0.1) is 12.1 Å². The van der Waals surface area contributed by atoms with Gasteiger partial charge in [0.15, 0.2) is 0 Å². The third-order valence-corrected chi connectivity index (χ3v) is 2.19. The van der Waals surface area contributed by atoms with Crippen LogP contribution in [-0.4, -0.2) is 24.0 Å². The van der Waals surface area contributed by atoms with E-state index in [4.69, 9.17) is 4.84 Å². The van der Waals surface area contributed by atoms with Crippen molar-refractivity contribution in [3.05, 3.63) is 35.4 Å². The number of benzene rings is 1. The summed E-state index contributed by atoms with van der Waals surface area (Å²) in [7, 11) is 0. The fourth-order valence-corrected chi connectivity index (χ4v) is 1.21. The van der Waals surface area contributed by atoms with Crippen molar-refractivity contribution < 1.29 is 14.4 Å². The van der Waals surface area contributed by atoms with E-state index in [0.717, 1.165) is 5.56 Å². The zero-order valence-corrected chi connectivity index (χ0v) is 11.7. The number of amides is 2. The Morgan fingerprint density at radius 2 is 1.74 bits per heavy atom. The van der Waals surface area contributed by atoms with Gasteiger partial charge in [-0.05, 0) is 39.8 Å². The number of carbonyl (C=O) groups excluding carboxylic acids is 2. The van der Waals surface area contributed by atoms with Crippen molar-refractivity contribution in [3.8, 4) is 0 Å². The van der Waals surface area contributed by atoms with Crippen molar-refractivity contribution in [2.45, 2.75) is 33.3 Å². The Morgan fingerprint density at radius 3 is 2.26 bits per heavy atom. The maximum atomic E-state index is 11.7. The van der Waals surface area contributed by atoms with Crippen LogP contribution in [0.3, 0.4) is 0 Å². The van der Waals surface area contributed by atoms with Crippen LogP contribution in [0.5, 0.6) is 0 Å². The number of hydroxylamine groups is 1. The minimum atomic E-state index is -0.462. The molecule has 0 fully saturated rings. The first-order valence-corrected chi connectivity index (χ1v) is 6.09. The SMILES string of the molecule is Cc1ccc(C(=O)NCC(=O)NOC(C)(C)C)cc1. The van der Waals surface area contributed by atoms with Crippen molar-refractivity contribution in [2.24, 2.45) is 0 Å². The van der Waals surface area contributed by atoms with E-state index in [-0.39, 0.29) is 12.5 Å². The smallest absolute Gasteiger partial charge is 0.262 e. The molecule has 2 N–H and O–H groups in total. The molecule has 19 heavy (non-hydrogen) atoms. The number of carbonyl (C=O) groups is 2. The van der Waals surface area contributed by atoms with Crippen LogP contribution >= 0.6 is 0 Å². The Hall–Kier alpha value is -1.88. The molecule has 5 heteroatoms. The van der Waals surface area contributed by atoms with Gasteiger partial charge in [0.25, 0.3) is 11.8 Å². The lowest BCUT2D eigenvalue weighted by molar-refractivity contribution is -0.144. The number of rotatable bonds is 4. The van der Waals surface area contributed by atoms with Crippen LogP contribution in [0.4, 0.5) is 0 Å². The summed E-state index contributed by atoms with van der Waals surface area (Å²) in [6, 6.07) is 7.12. The molecule has 5 nitrogen and oxygen atoms in total. The Kier molecular flexibility index (Phi) is 5.06. The van der Waals surface area contributed by atoms with Gasteiger partial charge >= 0.3 is 0 Å². The fraction of sp³-hybridized carbons (Fsp3) is 0.429. The molecule has 0 aliphatic rings. The molecule has 0 radical (unpaired) electrons. The Labute approximate surface area is 113 Å². The second-order valence-electron chi connectivity index (χ2n) is 5.29. The summed E-state index contributed by atoms with van der Waals surface area (Å²) in [6.07, 6.45) is 0. The van der Waals surface area contributed by atoms with Gasteiger partial charge in [0.1, 0.15) is 0 Å². The molecule has 1 rings (SSSR count). The summed E-state index contributed by atoms with van der Waals surface area (Å²) < 4.78 is 0. The second-order valence-corrected chi connectivity index (χ2v) is 5.29. The van der Waals surface area contributed by atoms with Crippen molar-refractivity contribution >= 4 is 11.8 Å². The Morgan fingerprint density at radius 1 is 1.16 bits per heavy atom. The average molecular weight is 264 g/mol. The van der Waals surface area contributed by atoms with Crippen LogP contribution in [-0.2, 0) is 9.63 Å². The molecule has 1 aromatic carbocycles. The Balaban J connectivity index is 2.38. The minimum absolute atomic E-state index is 0.122. The lowest BCUT2D eigenvalue weighted by Crippen LogP contribution is -2.40. The van der Waals surface area contributed by atoms with Gasteiger partial charge in [-0.3, -0.25) is 14.4 Å². The first kappa shape index (κ1) is 15.2.